The molecule has 2 unspecified atom stereocenters. The normalized spacial score (nSPS) is 21.1. The molecule has 1 heterocycles. The lowest BCUT2D eigenvalue weighted by Gasteiger charge is -2.13. The maximum atomic E-state index is 13.7. The highest BCUT2D eigenvalue weighted by Crippen LogP contribution is 2.22. The van der Waals surface area contributed by atoms with Gasteiger partial charge in [0.15, 0.2) is 0 Å². The second-order valence-electron chi connectivity index (χ2n) is 4.74. The second-order valence-corrected chi connectivity index (χ2v) is 4.74. The standard InChI is InChI=1S/C14H17FN2O4/c1-20-14(19)8-2-4-10(15)11(6-8)17-13(18)12-5-3-9(7-16)21-12/h2,4,6,9,12H,3,5,7,16H2,1H3,(H,17,18). The summed E-state index contributed by atoms with van der Waals surface area (Å²) in [6, 6.07) is 3.61. The zero-order chi connectivity index (χ0) is 15.4. The molecule has 1 saturated heterocycles. The van der Waals surface area contributed by atoms with Gasteiger partial charge in [0.1, 0.15) is 11.9 Å². The van der Waals surface area contributed by atoms with Crippen molar-refractivity contribution in [2.24, 2.45) is 5.73 Å². The van der Waals surface area contributed by atoms with Gasteiger partial charge >= 0.3 is 5.97 Å². The summed E-state index contributed by atoms with van der Waals surface area (Å²) in [6.07, 6.45) is 0.428. The van der Waals surface area contributed by atoms with E-state index in [0.717, 1.165) is 6.07 Å². The van der Waals surface area contributed by atoms with E-state index in [2.05, 4.69) is 10.1 Å². The number of rotatable bonds is 4. The number of halogens is 1. The van der Waals surface area contributed by atoms with Crippen molar-refractivity contribution >= 4 is 17.6 Å². The summed E-state index contributed by atoms with van der Waals surface area (Å²) < 4.78 is 23.7. The van der Waals surface area contributed by atoms with E-state index in [1.165, 1.54) is 19.2 Å². The number of hydrogen-bond acceptors (Lipinski definition) is 5. The highest BCUT2D eigenvalue weighted by molar-refractivity contribution is 5.96. The van der Waals surface area contributed by atoms with Crippen LogP contribution >= 0.6 is 0 Å². The molecule has 1 fully saturated rings. The fourth-order valence-electron chi connectivity index (χ4n) is 2.15. The predicted octanol–water partition coefficient (Wildman–Crippen LogP) is 1.06. The van der Waals surface area contributed by atoms with Crippen LogP contribution in [0.15, 0.2) is 18.2 Å². The largest absolute Gasteiger partial charge is 0.465 e. The minimum absolute atomic E-state index is 0.0808. The van der Waals surface area contributed by atoms with Gasteiger partial charge in [-0.15, -0.1) is 0 Å². The molecule has 0 spiro atoms. The van der Waals surface area contributed by atoms with Gasteiger partial charge in [-0.1, -0.05) is 0 Å². The minimum Gasteiger partial charge on any atom is -0.465 e. The molecule has 114 valence electrons. The van der Waals surface area contributed by atoms with Crippen LogP contribution in [0.3, 0.4) is 0 Å². The number of carbonyl (C=O) groups is 2. The Morgan fingerprint density at radius 1 is 1.48 bits per heavy atom. The SMILES string of the molecule is COC(=O)c1ccc(F)c(NC(=O)C2CCC(CN)O2)c1. The van der Waals surface area contributed by atoms with Gasteiger partial charge in [-0.05, 0) is 31.0 Å². The quantitative estimate of drug-likeness (QED) is 0.811. The molecule has 1 aliphatic rings. The number of ether oxygens (including phenoxy) is 2. The van der Waals surface area contributed by atoms with Crippen molar-refractivity contribution in [3.05, 3.63) is 29.6 Å². The lowest BCUT2D eigenvalue weighted by molar-refractivity contribution is -0.126. The molecular formula is C14H17FN2O4. The van der Waals surface area contributed by atoms with Crippen LogP contribution in [-0.4, -0.2) is 37.7 Å². The van der Waals surface area contributed by atoms with E-state index in [0.29, 0.717) is 19.4 Å². The molecule has 1 amide bonds. The monoisotopic (exact) mass is 296 g/mol. The Bertz CT molecular complexity index is 550. The number of esters is 1. The summed E-state index contributed by atoms with van der Waals surface area (Å²) in [5, 5.41) is 2.43. The molecule has 0 aliphatic carbocycles. The summed E-state index contributed by atoms with van der Waals surface area (Å²) in [5.74, 6) is -1.69. The molecule has 1 aliphatic heterocycles. The molecule has 0 radical (unpaired) electrons. The average Bonchev–Trinajstić information content (AvgIpc) is 2.97. The van der Waals surface area contributed by atoms with Crippen molar-refractivity contribution in [2.75, 3.05) is 19.0 Å². The molecule has 0 saturated carbocycles. The topological polar surface area (TPSA) is 90.7 Å². The lowest BCUT2D eigenvalue weighted by Crippen LogP contribution is -2.30. The number of nitrogens with two attached hydrogens (primary N) is 1. The van der Waals surface area contributed by atoms with Crippen molar-refractivity contribution in [1.82, 2.24) is 0 Å². The van der Waals surface area contributed by atoms with Crippen LogP contribution in [0.5, 0.6) is 0 Å². The molecule has 2 rings (SSSR count). The summed E-state index contributed by atoms with van der Waals surface area (Å²) in [4.78, 5) is 23.4. The van der Waals surface area contributed by atoms with Crippen LogP contribution in [0.25, 0.3) is 0 Å². The molecule has 3 N–H and O–H groups in total. The van der Waals surface area contributed by atoms with Gasteiger partial charge in [-0.25, -0.2) is 9.18 Å². The number of nitrogens with one attached hydrogen (secondary N) is 1. The maximum absolute atomic E-state index is 13.7. The van der Waals surface area contributed by atoms with Crippen molar-refractivity contribution in [2.45, 2.75) is 25.0 Å². The third-order valence-electron chi connectivity index (χ3n) is 3.31. The number of anilines is 1. The number of hydrogen-bond donors (Lipinski definition) is 2. The Hall–Kier alpha value is -1.99. The van der Waals surface area contributed by atoms with Crippen molar-refractivity contribution in [3.8, 4) is 0 Å². The van der Waals surface area contributed by atoms with E-state index in [1.807, 2.05) is 0 Å². The molecule has 2 atom stereocenters. The fraction of sp³-hybridized carbons (Fsp3) is 0.429. The van der Waals surface area contributed by atoms with Crippen LogP contribution in [0, 0.1) is 5.82 Å². The van der Waals surface area contributed by atoms with E-state index in [9.17, 15) is 14.0 Å². The van der Waals surface area contributed by atoms with E-state index < -0.39 is 23.8 Å². The molecule has 1 aromatic rings. The average molecular weight is 296 g/mol. The van der Waals surface area contributed by atoms with Crippen LogP contribution < -0.4 is 11.1 Å². The van der Waals surface area contributed by atoms with Crippen molar-refractivity contribution < 1.29 is 23.5 Å². The fourth-order valence-corrected chi connectivity index (χ4v) is 2.15. The minimum atomic E-state index is -0.653. The Balaban J connectivity index is 2.08. The highest BCUT2D eigenvalue weighted by atomic mass is 19.1. The van der Waals surface area contributed by atoms with Crippen LogP contribution in [0.2, 0.25) is 0 Å². The van der Waals surface area contributed by atoms with Gasteiger partial charge in [-0.2, -0.15) is 0 Å². The summed E-state index contributed by atoms with van der Waals surface area (Å²) in [6.45, 7) is 0.343. The zero-order valence-electron chi connectivity index (χ0n) is 11.6. The highest BCUT2D eigenvalue weighted by Gasteiger charge is 2.30. The Morgan fingerprint density at radius 3 is 2.86 bits per heavy atom. The van der Waals surface area contributed by atoms with Gasteiger partial charge in [0.05, 0.1) is 24.5 Å². The van der Waals surface area contributed by atoms with E-state index in [-0.39, 0.29) is 17.4 Å². The molecule has 7 heteroatoms. The van der Waals surface area contributed by atoms with Gasteiger partial charge in [0, 0.05) is 6.54 Å². The first-order valence-electron chi connectivity index (χ1n) is 6.59. The smallest absolute Gasteiger partial charge is 0.337 e. The third-order valence-corrected chi connectivity index (χ3v) is 3.31. The first-order chi connectivity index (χ1) is 10.0. The summed E-state index contributed by atoms with van der Waals surface area (Å²) in [7, 11) is 1.23. The van der Waals surface area contributed by atoms with E-state index >= 15 is 0 Å². The number of amides is 1. The van der Waals surface area contributed by atoms with Crippen molar-refractivity contribution in [3.63, 3.8) is 0 Å². The molecule has 1 aromatic carbocycles. The Morgan fingerprint density at radius 2 is 2.24 bits per heavy atom. The lowest BCUT2D eigenvalue weighted by atomic mass is 10.1. The van der Waals surface area contributed by atoms with E-state index in [4.69, 9.17) is 10.5 Å². The number of benzene rings is 1. The van der Waals surface area contributed by atoms with Gasteiger partial charge in [0.25, 0.3) is 5.91 Å². The van der Waals surface area contributed by atoms with Crippen LogP contribution in [0.1, 0.15) is 23.2 Å². The van der Waals surface area contributed by atoms with Gasteiger partial charge in [0.2, 0.25) is 0 Å². The first kappa shape index (κ1) is 15.4. The van der Waals surface area contributed by atoms with Gasteiger partial charge < -0.3 is 20.5 Å². The maximum Gasteiger partial charge on any atom is 0.337 e. The molecule has 21 heavy (non-hydrogen) atoms. The molecule has 6 nitrogen and oxygen atoms in total. The van der Waals surface area contributed by atoms with Crippen LogP contribution in [0.4, 0.5) is 10.1 Å². The summed E-state index contributed by atoms with van der Waals surface area (Å²) >= 11 is 0. The first-order valence-corrected chi connectivity index (χ1v) is 6.59. The number of methoxy groups -OCH3 is 1. The third kappa shape index (κ3) is 3.56. The summed E-state index contributed by atoms with van der Waals surface area (Å²) in [5.41, 5.74) is 5.55. The molecule has 0 bridgehead atoms. The Labute approximate surface area is 121 Å². The second kappa shape index (κ2) is 6.64. The van der Waals surface area contributed by atoms with E-state index in [1.54, 1.807) is 0 Å². The molecular weight excluding hydrogens is 279 g/mol. The Kier molecular flexibility index (Phi) is 4.87. The predicted molar refractivity (Wildman–Crippen MR) is 73.3 cm³/mol. The molecule has 0 aromatic heterocycles. The van der Waals surface area contributed by atoms with Crippen LogP contribution in [-0.2, 0) is 14.3 Å². The zero-order valence-corrected chi connectivity index (χ0v) is 11.6. The number of carbonyl (C=O) groups excluding carboxylic acids is 2. The van der Waals surface area contributed by atoms with Crippen molar-refractivity contribution in [1.29, 1.82) is 0 Å². The van der Waals surface area contributed by atoms with Gasteiger partial charge in [-0.3, -0.25) is 4.79 Å².